The molecule has 0 spiro atoms. The molecule has 1 fully saturated rings. The summed E-state index contributed by atoms with van der Waals surface area (Å²) in [5, 5.41) is 18.3. The highest BCUT2D eigenvalue weighted by Gasteiger charge is 2.65. The summed E-state index contributed by atoms with van der Waals surface area (Å²) in [5.41, 5.74) is 4.85. The van der Waals surface area contributed by atoms with Crippen LogP contribution in [0.5, 0.6) is 0 Å². The molecule has 4 N–H and O–H groups in total. The Hall–Kier alpha value is -0.750. The van der Waals surface area contributed by atoms with Gasteiger partial charge in [-0.3, -0.25) is 9.59 Å². The number of rotatable bonds is 5. The molecule has 0 aromatic heterocycles. The van der Waals surface area contributed by atoms with Crippen molar-refractivity contribution in [1.29, 1.82) is 0 Å². The highest BCUT2D eigenvalue weighted by molar-refractivity contribution is 8.02. The van der Waals surface area contributed by atoms with Gasteiger partial charge in [-0.15, -0.1) is 11.8 Å². The first-order valence-electron chi connectivity index (χ1n) is 6.19. The average molecular weight is 275 g/mol. The second kappa shape index (κ2) is 5.09. The molecule has 1 rings (SSSR count). The van der Waals surface area contributed by atoms with Crippen molar-refractivity contribution in [2.75, 3.05) is 0 Å². The SMILES string of the molecule is CCC[C@@]1(C(=O)O)[C@@H](C)[C@@](CC)(C(=O)O)S[C@@H]1N. The van der Waals surface area contributed by atoms with Gasteiger partial charge in [0.05, 0.1) is 10.8 Å². The summed E-state index contributed by atoms with van der Waals surface area (Å²) >= 11 is 1.10. The Morgan fingerprint density at radius 2 is 1.83 bits per heavy atom. The molecule has 5 nitrogen and oxygen atoms in total. The summed E-state index contributed by atoms with van der Waals surface area (Å²) in [5.74, 6) is -2.43. The lowest BCUT2D eigenvalue weighted by Gasteiger charge is -2.35. The van der Waals surface area contributed by atoms with Gasteiger partial charge in [0.1, 0.15) is 4.75 Å². The molecule has 104 valence electrons. The molecule has 4 atom stereocenters. The number of thioether (sulfide) groups is 1. The second-order valence-electron chi connectivity index (χ2n) is 4.90. The van der Waals surface area contributed by atoms with E-state index in [1.807, 2.05) is 6.92 Å². The summed E-state index contributed by atoms with van der Waals surface area (Å²) < 4.78 is -1.09. The second-order valence-corrected chi connectivity index (χ2v) is 6.38. The maximum atomic E-state index is 11.7. The van der Waals surface area contributed by atoms with Gasteiger partial charge in [-0.05, 0) is 18.8 Å². The van der Waals surface area contributed by atoms with E-state index < -0.39 is 33.4 Å². The smallest absolute Gasteiger partial charge is 0.320 e. The van der Waals surface area contributed by atoms with Crippen LogP contribution in [-0.4, -0.2) is 32.3 Å². The van der Waals surface area contributed by atoms with Crippen LogP contribution in [0, 0.1) is 11.3 Å². The maximum Gasteiger partial charge on any atom is 0.320 e. The lowest BCUT2D eigenvalue weighted by molar-refractivity contribution is -0.155. The van der Waals surface area contributed by atoms with Gasteiger partial charge in [0, 0.05) is 0 Å². The number of carboxylic acids is 2. The third kappa shape index (κ3) is 1.82. The van der Waals surface area contributed by atoms with E-state index in [1.165, 1.54) is 0 Å². The fourth-order valence-electron chi connectivity index (χ4n) is 3.06. The average Bonchev–Trinajstić information content (AvgIpc) is 2.52. The van der Waals surface area contributed by atoms with Crippen LogP contribution in [0.4, 0.5) is 0 Å². The molecule has 1 heterocycles. The zero-order valence-electron chi connectivity index (χ0n) is 11.0. The minimum absolute atomic E-state index is 0.376. The first-order valence-corrected chi connectivity index (χ1v) is 7.07. The predicted molar refractivity (Wildman–Crippen MR) is 70.4 cm³/mol. The lowest BCUT2D eigenvalue weighted by atomic mass is 9.67. The Bertz CT molecular complexity index is 362. The van der Waals surface area contributed by atoms with E-state index in [2.05, 4.69) is 0 Å². The van der Waals surface area contributed by atoms with Crippen molar-refractivity contribution in [1.82, 2.24) is 0 Å². The highest BCUT2D eigenvalue weighted by atomic mass is 32.2. The normalized spacial score (nSPS) is 39.8. The standard InChI is InChI=1S/C12H21NO4S/c1-4-6-11(9(14)15)7(3)12(5-2,10(16)17)18-8(11)13/h7-8H,4-6,13H2,1-3H3,(H,14,15)(H,16,17)/t7-,8+,11-,12+/m1/s1. The van der Waals surface area contributed by atoms with Crippen molar-refractivity contribution in [3.63, 3.8) is 0 Å². The zero-order valence-corrected chi connectivity index (χ0v) is 11.8. The highest BCUT2D eigenvalue weighted by Crippen LogP contribution is 2.59. The maximum absolute atomic E-state index is 11.7. The Morgan fingerprint density at radius 3 is 2.11 bits per heavy atom. The molecule has 0 radical (unpaired) electrons. The van der Waals surface area contributed by atoms with Crippen molar-refractivity contribution < 1.29 is 19.8 Å². The molecule has 0 aliphatic carbocycles. The third-order valence-electron chi connectivity index (χ3n) is 4.27. The minimum atomic E-state index is -1.15. The van der Waals surface area contributed by atoms with Gasteiger partial charge in [0.15, 0.2) is 0 Å². The molecule has 18 heavy (non-hydrogen) atoms. The van der Waals surface area contributed by atoms with Gasteiger partial charge < -0.3 is 15.9 Å². The van der Waals surface area contributed by atoms with Crippen molar-refractivity contribution in [2.24, 2.45) is 17.1 Å². The molecule has 0 amide bonds. The van der Waals surface area contributed by atoms with Crippen molar-refractivity contribution in [3.8, 4) is 0 Å². The molecule has 0 unspecified atom stereocenters. The number of carboxylic acid groups (broad SMARTS) is 2. The Morgan fingerprint density at radius 1 is 1.28 bits per heavy atom. The number of carbonyl (C=O) groups is 2. The summed E-state index contributed by atoms with van der Waals surface area (Å²) in [6, 6.07) is 0. The quantitative estimate of drug-likeness (QED) is 0.707. The van der Waals surface area contributed by atoms with E-state index in [0.717, 1.165) is 11.8 Å². The van der Waals surface area contributed by atoms with Gasteiger partial charge in [0.25, 0.3) is 0 Å². The van der Waals surface area contributed by atoms with E-state index in [4.69, 9.17) is 5.73 Å². The van der Waals surface area contributed by atoms with Crippen LogP contribution in [0.1, 0.15) is 40.0 Å². The van der Waals surface area contributed by atoms with Gasteiger partial charge in [-0.2, -0.15) is 0 Å². The molecule has 1 aliphatic rings. The topological polar surface area (TPSA) is 101 Å². The monoisotopic (exact) mass is 275 g/mol. The summed E-state index contributed by atoms with van der Waals surface area (Å²) in [6.45, 7) is 5.37. The van der Waals surface area contributed by atoms with E-state index in [1.54, 1.807) is 13.8 Å². The summed E-state index contributed by atoms with van der Waals surface area (Å²) in [6.07, 6.45) is 1.46. The van der Waals surface area contributed by atoms with Gasteiger partial charge >= 0.3 is 11.9 Å². The van der Waals surface area contributed by atoms with Crippen molar-refractivity contribution >= 4 is 23.7 Å². The van der Waals surface area contributed by atoms with E-state index in [0.29, 0.717) is 19.3 Å². The Labute approximate surface area is 111 Å². The summed E-state index contributed by atoms with van der Waals surface area (Å²) in [7, 11) is 0. The van der Waals surface area contributed by atoms with Crippen LogP contribution in [-0.2, 0) is 9.59 Å². The molecule has 1 aliphatic heterocycles. The Balaban J connectivity index is 3.31. The molecule has 6 heteroatoms. The molecule has 0 aromatic rings. The minimum Gasteiger partial charge on any atom is -0.481 e. The van der Waals surface area contributed by atoms with E-state index >= 15 is 0 Å². The van der Waals surface area contributed by atoms with Crippen LogP contribution >= 0.6 is 11.8 Å². The molecule has 0 saturated carbocycles. The largest absolute Gasteiger partial charge is 0.481 e. The first kappa shape index (κ1) is 15.3. The number of nitrogens with two attached hydrogens (primary N) is 1. The van der Waals surface area contributed by atoms with Crippen molar-refractivity contribution in [2.45, 2.75) is 50.2 Å². The lowest BCUT2D eigenvalue weighted by Crippen LogP contribution is -2.49. The van der Waals surface area contributed by atoms with E-state index in [-0.39, 0.29) is 0 Å². The summed E-state index contributed by atoms with van der Waals surface area (Å²) in [4.78, 5) is 23.2. The fourth-order valence-corrected chi connectivity index (χ4v) is 4.83. The van der Waals surface area contributed by atoms with Crippen LogP contribution in [0.15, 0.2) is 0 Å². The number of aliphatic carboxylic acids is 2. The van der Waals surface area contributed by atoms with Crippen LogP contribution in [0.2, 0.25) is 0 Å². The molecule has 0 aromatic carbocycles. The van der Waals surface area contributed by atoms with Crippen LogP contribution in [0.3, 0.4) is 0 Å². The van der Waals surface area contributed by atoms with Gasteiger partial charge in [-0.1, -0.05) is 27.2 Å². The Kier molecular flexibility index (Phi) is 4.33. The van der Waals surface area contributed by atoms with Crippen LogP contribution < -0.4 is 5.73 Å². The van der Waals surface area contributed by atoms with Gasteiger partial charge in [-0.25, -0.2) is 0 Å². The molecule has 0 bridgehead atoms. The number of hydrogen-bond donors (Lipinski definition) is 3. The fraction of sp³-hybridized carbons (Fsp3) is 0.833. The third-order valence-corrected chi connectivity index (χ3v) is 6.18. The van der Waals surface area contributed by atoms with Crippen LogP contribution in [0.25, 0.3) is 0 Å². The number of hydrogen-bond acceptors (Lipinski definition) is 4. The van der Waals surface area contributed by atoms with Gasteiger partial charge in [0.2, 0.25) is 0 Å². The molecule has 1 saturated heterocycles. The predicted octanol–water partition coefficient (Wildman–Crippen LogP) is 1.76. The first-order chi connectivity index (χ1) is 8.29. The zero-order chi connectivity index (χ0) is 14.1. The van der Waals surface area contributed by atoms with E-state index in [9.17, 15) is 19.8 Å². The molecular formula is C12H21NO4S. The molecular weight excluding hydrogens is 254 g/mol. The van der Waals surface area contributed by atoms with Crippen molar-refractivity contribution in [3.05, 3.63) is 0 Å².